The van der Waals surface area contributed by atoms with E-state index in [1.54, 1.807) is 13.3 Å². The Labute approximate surface area is 150 Å². The minimum Gasteiger partial charge on any atom is -0.495 e. The van der Waals surface area contributed by atoms with Crippen molar-refractivity contribution in [2.24, 2.45) is 0 Å². The van der Waals surface area contributed by atoms with Crippen LogP contribution in [0.4, 0.5) is 11.5 Å². The third-order valence-corrected chi connectivity index (χ3v) is 4.61. The van der Waals surface area contributed by atoms with Crippen molar-refractivity contribution in [3.8, 4) is 11.4 Å². The third-order valence-electron chi connectivity index (χ3n) is 4.61. The van der Waals surface area contributed by atoms with Crippen molar-refractivity contribution in [2.45, 2.75) is 0 Å². The molecule has 0 spiro atoms. The van der Waals surface area contributed by atoms with E-state index in [9.17, 15) is 4.79 Å². The minimum atomic E-state index is -0.238. The molecule has 1 saturated heterocycles. The predicted octanol–water partition coefficient (Wildman–Crippen LogP) is 1.29. The number of anilines is 2. The molecule has 1 fully saturated rings. The molecule has 3 heterocycles. The first kappa shape index (κ1) is 16.2. The Morgan fingerprint density at radius 3 is 2.23 bits per heavy atom. The van der Waals surface area contributed by atoms with Crippen molar-refractivity contribution < 1.29 is 4.74 Å². The van der Waals surface area contributed by atoms with Gasteiger partial charge in [-0.25, -0.2) is 19.4 Å². The smallest absolute Gasteiger partial charge is 0.347 e. The molecular weight excluding hydrogens is 332 g/mol. The molecule has 0 amide bonds. The SMILES string of the molecule is COc1ccc(N2CCN(c3ccc(-n4cn[nH]c4=O)cc3)CC2)nc1. The van der Waals surface area contributed by atoms with E-state index in [-0.39, 0.29) is 5.69 Å². The Morgan fingerprint density at radius 1 is 0.962 bits per heavy atom. The van der Waals surface area contributed by atoms with E-state index < -0.39 is 0 Å². The van der Waals surface area contributed by atoms with E-state index in [2.05, 4.69) is 25.0 Å². The molecule has 0 saturated carbocycles. The van der Waals surface area contributed by atoms with Gasteiger partial charge in [0.25, 0.3) is 0 Å². The molecule has 2 aromatic heterocycles. The number of nitrogens with zero attached hydrogens (tertiary/aromatic N) is 5. The summed E-state index contributed by atoms with van der Waals surface area (Å²) in [4.78, 5) is 20.7. The second-order valence-corrected chi connectivity index (χ2v) is 6.08. The van der Waals surface area contributed by atoms with Gasteiger partial charge < -0.3 is 14.5 Å². The summed E-state index contributed by atoms with van der Waals surface area (Å²) in [6, 6.07) is 11.9. The topological polar surface area (TPSA) is 79.3 Å². The van der Waals surface area contributed by atoms with Crippen molar-refractivity contribution in [2.75, 3.05) is 43.1 Å². The highest BCUT2D eigenvalue weighted by Crippen LogP contribution is 2.21. The van der Waals surface area contributed by atoms with Crippen molar-refractivity contribution in [3.63, 3.8) is 0 Å². The van der Waals surface area contributed by atoms with Crippen LogP contribution < -0.4 is 20.2 Å². The quantitative estimate of drug-likeness (QED) is 0.762. The number of hydrogen-bond acceptors (Lipinski definition) is 6. The van der Waals surface area contributed by atoms with Crippen LogP contribution in [-0.4, -0.2) is 53.0 Å². The highest BCUT2D eigenvalue weighted by Gasteiger charge is 2.18. The summed E-state index contributed by atoms with van der Waals surface area (Å²) in [6.45, 7) is 3.64. The van der Waals surface area contributed by atoms with Crippen LogP contribution in [0.15, 0.2) is 53.7 Å². The number of hydrogen-bond donors (Lipinski definition) is 1. The first-order chi connectivity index (χ1) is 12.7. The van der Waals surface area contributed by atoms with Gasteiger partial charge in [0.2, 0.25) is 0 Å². The molecule has 0 aliphatic carbocycles. The zero-order valence-electron chi connectivity index (χ0n) is 14.5. The summed E-state index contributed by atoms with van der Waals surface area (Å²) < 4.78 is 6.64. The highest BCUT2D eigenvalue weighted by molar-refractivity contribution is 5.53. The normalized spacial score (nSPS) is 14.5. The van der Waals surface area contributed by atoms with Crippen molar-refractivity contribution >= 4 is 11.5 Å². The lowest BCUT2D eigenvalue weighted by Crippen LogP contribution is -2.46. The van der Waals surface area contributed by atoms with E-state index in [1.165, 1.54) is 10.9 Å². The summed E-state index contributed by atoms with van der Waals surface area (Å²) >= 11 is 0. The van der Waals surface area contributed by atoms with Crippen LogP contribution in [0.3, 0.4) is 0 Å². The molecule has 1 aliphatic heterocycles. The maximum Gasteiger partial charge on any atom is 0.347 e. The van der Waals surface area contributed by atoms with Crippen LogP contribution in [0.5, 0.6) is 5.75 Å². The average molecular weight is 352 g/mol. The van der Waals surface area contributed by atoms with E-state index >= 15 is 0 Å². The van der Waals surface area contributed by atoms with E-state index in [0.717, 1.165) is 49.1 Å². The number of pyridine rings is 1. The maximum absolute atomic E-state index is 11.6. The minimum absolute atomic E-state index is 0.238. The standard InChI is InChI=1S/C18H20N6O2/c1-26-16-6-7-17(19-12-16)23-10-8-22(9-11-23)14-2-4-15(5-3-14)24-13-20-21-18(24)25/h2-7,12-13H,8-11H2,1H3,(H,21,25). The lowest BCUT2D eigenvalue weighted by molar-refractivity contribution is 0.413. The average Bonchev–Trinajstić information content (AvgIpc) is 3.14. The molecule has 1 aromatic carbocycles. The van der Waals surface area contributed by atoms with Gasteiger partial charge >= 0.3 is 5.69 Å². The van der Waals surface area contributed by atoms with Gasteiger partial charge in [0.1, 0.15) is 17.9 Å². The Balaban J connectivity index is 1.41. The molecule has 0 radical (unpaired) electrons. The molecule has 0 unspecified atom stereocenters. The predicted molar refractivity (Wildman–Crippen MR) is 99.4 cm³/mol. The molecule has 4 rings (SSSR count). The fourth-order valence-electron chi connectivity index (χ4n) is 3.13. The molecule has 0 bridgehead atoms. The number of aromatic amines is 1. The lowest BCUT2D eigenvalue weighted by Gasteiger charge is -2.36. The molecule has 1 aliphatic rings. The van der Waals surface area contributed by atoms with Crippen molar-refractivity contribution in [1.82, 2.24) is 19.7 Å². The second kappa shape index (κ2) is 6.91. The van der Waals surface area contributed by atoms with Crippen LogP contribution in [0.1, 0.15) is 0 Å². The number of aromatic nitrogens is 4. The summed E-state index contributed by atoms with van der Waals surface area (Å²) in [6.07, 6.45) is 3.23. The van der Waals surface area contributed by atoms with Crippen molar-refractivity contribution in [1.29, 1.82) is 0 Å². The van der Waals surface area contributed by atoms with E-state index in [4.69, 9.17) is 4.74 Å². The third kappa shape index (κ3) is 3.13. The number of ether oxygens (including phenoxy) is 1. The van der Waals surface area contributed by atoms with Crippen LogP contribution in [-0.2, 0) is 0 Å². The molecule has 26 heavy (non-hydrogen) atoms. The van der Waals surface area contributed by atoms with Gasteiger partial charge in [-0.15, -0.1) is 0 Å². The van der Waals surface area contributed by atoms with E-state index in [0.29, 0.717) is 0 Å². The largest absolute Gasteiger partial charge is 0.495 e. The number of H-pyrrole nitrogens is 1. The van der Waals surface area contributed by atoms with Gasteiger partial charge in [-0.2, -0.15) is 5.10 Å². The van der Waals surface area contributed by atoms with Gasteiger partial charge in [-0.1, -0.05) is 0 Å². The molecule has 1 N–H and O–H groups in total. The number of methoxy groups -OCH3 is 1. The molecule has 8 nitrogen and oxygen atoms in total. The zero-order chi connectivity index (χ0) is 17.9. The zero-order valence-corrected chi connectivity index (χ0v) is 14.5. The maximum atomic E-state index is 11.6. The number of benzene rings is 1. The lowest BCUT2D eigenvalue weighted by atomic mass is 10.2. The molecule has 0 atom stereocenters. The molecule has 134 valence electrons. The first-order valence-corrected chi connectivity index (χ1v) is 8.47. The highest BCUT2D eigenvalue weighted by atomic mass is 16.5. The Morgan fingerprint density at radius 2 is 1.65 bits per heavy atom. The monoisotopic (exact) mass is 352 g/mol. The number of rotatable bonds is 4. The van der Waals surface area contributed by atoms with Crippen LogP contribution >= 0.6 is 0 Å². The van der Waals surface area contributed by atoms with Gasteiger partial charge in [0, 0.05) is 31.9 Å². The van der Waals surface area contributed by atoms with Gasteiger partial charge in [-0.3, -0.25) is 0 Å². The molecule has 8 heteroatoms. The van der Waals surface area contributed by atoms with Gasteiger partial charge in [-0.05, 0) is 36.4 Å². The summed E-state index contributed by atoms with van der Waals surface area (Å²) in [7, 11) is 1.64. The fourth-order valence-corrected chi connectivity index (χ4v) is 3.13. The Bertz CT molecular complexity index is 908. The van der Waals surface area contributed by atoms with E-state index in [1.807, 2.05) is 36.4 Å². The second-order valence-electron chi connectivity index (χ2n) is 6.08. The van der Waals surface area contributed by atoms with Crippen LogP contribution in [0, 0.1) is 0 Å². The van der Waals surface area contributed by atoms with Crippen LogP contribution in [0.2, 0.25) is 0 Å². The summed E-state index contributed by atoms with van der Waals surface area (Å²) in [5.41, 5.74) is 1.71. The number of piperazine rings is 1. The van der Waals surface area contributed by atoms with Gasteiger partial charge in [0.15, 0.2) is 0 Å². The van der Waals surface area contributed by atoms with Crippen molar-refractivity contribution in [3.05, 3.63) is 59.4 Å². The fraction of sp³-hybridized carbons (Fsp3) is 0.278. The molecule has 3 aromatic rings. The molecular formula is C18H20N6O2. The summed E-state index contributed by atoms with van der Waals surface area (Å²) in [5.74, 6) is 1.74. The van der Waals surface area contributed by atoms with Crippen LogP contribution in [0.25, 0.3) is 5.69 Å². The Kier molecular flexibility index (Phi) is 4.30. The van der Waals surface area contributed by atoms with Gasteiger partial charge in [0.05, 0.1) is 19.0 Å². The number of nitrogens with one attached hydrogen (secondary N) is 1. The Hall–Kier alpha value is -3.29. The first-order valence-electron chi connectivity index (χ1n) is 8.47. The summed E-state index contributed by atoms with van der Waals surface area (Å²) in [5, 5.41) is 6.15.